The van der Waals surface area contributed by atoms with E-state index in [-0.39, 0.29) is 11.5 Å². The zero-order valence-corrected chi connectivity index (χ0v) is 16.7. The number of hydrogen-bond acceptors (Lipinski definition) is 5. The summed E-state index contributed by atoms with van der Waals surface area (Å²) < 4.78 is 0. The lowest BCUT2D eigenvalue weighted by molar-refractivity contribution is -0.145. The van der Waals surface area contributed by atoms with E-state index in [0.717, 1.165) is 30.0 Å². The molecule has 2 N–H and O–H groups in total. The van der Waals surface area contributed by atoms with Gasteiger partial charge in [-0.25, -0.2) is 0 Å². The Hall–Kier alpha value is -3.01. The molecule has 0 radical (unpaired) electrons. The molecule has 0 spiro atoms. The van der Waals surface area contributed by atoms with E-state index >= 15 is 0 Å². The Morgan fingerprint density at radius 2 is 1.96 bits per heavy atom. The Morgan fingerprint density at radius 1 is 1.32 bits per heavy atom. The van der Waals surface area contributed by atoms with Gasteiger partial charge in [0.15, 0.2) is 0 Å². The molecule has 7 nitrogen and oxygen atoms in total. The van der Waals surface area contributed by atoms with Crippen molar-refractivity contribution in [3.63, 3.8) is 0 Å². The first-order chi connectivity index (χ1) is 13.4. The van der Waals surface area contributed by atoms with E-state index in [1.54, 1.807) is 4.90 Å². The Bertz CT molecular complexity index is 785. The molecule has 7 heteroatoms. The van der Waals surface area contributed by atoms with Crippen molar-refractivity contribution in [3.8, 4) is 6.07 Å². The Labute approximate surface area is 166 Å². The third kappa shape index (κ3) is 5.03. The lowest BCUT2D eigenvalue weighted by atomic mass is 9.97. The Kier molecular flexibility index (Phi) is 7.44. The van der Waals surface area contributed by atoms with Crippen LogP contribution in [-0.4, -0.2) is 48.1 Å². The summed E-state index contributed by atoms with van der Waals surface area (Å²) in [7, 11) is 0. The molecule has 0 atom stereocenters. The van der Waals surface area contributed by atoms with Gasteiger partial charge in [0.25, 0.3) is 5.91 Å². The van der Waals surface area contributed by atoms with Crippen LogP contribution in [0, 0.1) is 24.2 Å². The van der Waals surface area contributed by atoms with Crippen LogP contribution in [0.5, 0.6) is 0 Å². The van der Waals surface area contributed by atoms with Crippen LogP contribution in [0.2, 0.25) is 0 Å². The monoisotopic (exact) mass is 384 g/mol. The molecule has 1 aliphatic heterocycles. The molecule has 0 bridgehead atoms. The summed E-state index contributed by atoms with van der Waals surface area (Å²) in [5, 5.41) is 21.5. The van der Waals surface area contributed by atoms with Crippen molar-refractivity contribution in [2.24, 2.45) is 5.92 Å². The van der Waals surface area contributed by atoms with Gasteiger partial charge in [0.1, 0.15) is 11.6 Å². The van der Waals surface area contributed by atoms with Gasteiger partial charge in [0.2, 0.25) is 0 Å². The normalized spacial score (nSPS) is 15.1. The number of piperidine rings is 1. The number of carboxylic acids is 1. The van der Waals surface area contributed by atoms with Crippen molar-refractivity contribution in [1.82, 2.24) is 4.90 Å². The van der Waals surface area contributed by atoms with E-state index in [2.05, 4.69) is 30.1 Å². The summed E-state index contributed by atoms with van der Waals surface area (Å²) in [5.74, 6) is -1.60. The first-order valence-electron chi connectivity index (χ1n) is 9.65. The molecule has 1 saturated heterocycles. The van der Waals surface area contributed by atoms with Crippen LogP contribution in [0.4, 0.5) is 11.4 Å². The Balaban J connectivity index is 2.06. The summed E-state index contributed by atoms with van der Waals surface area (Å²) in [6, 6.07) is 7.99. The predicted molar refractivity (Wildman–Crippen MR) is 109 cm³/mol. The topological polar surface area (TPSA) is 96.7 Å². The largest absolute Gasteiger partial charge is 0.481 e. The van der Waals surface area contributed by atoms with Crippen molar-refractivity contribution in [2.75, 3.05) is 36.4 Å². The van der Waals surface area contributed by atoms with Gasteiger partial charge in [0.05, 0.1) is 5.92 Å². The van der Waals surface area contributed by atoms with Gasteiger partial charge in [-0.2, -0.15) is 5.26 Å². The van der Waals surface area contributed by atoms with Crippen molar-refractivity contribution in [2.45, 2.75) is 33.6 Å². The fourth-order valence-corrected chi connectivity index (χ4v) is 3.39. The number of likely N-dealkylation sites (tertiary alicyclic amines) is 1. The first kappa shape index (κ1) is 21.3. The molecule has 2 rings (SSSR count). The van der Waals surface area contributed by atoms with Gasteiger partial charge in [-0.3, -0.25) is 9.59 Å². The minimum absolute atomic E-state index is 0.0148. The molecule has 1 aliphatic rings. The number of nitrogens with zero attached hydrogens (tertiary/aromatic N) is 3. The minimum Gasteiger partial charge on any atom is -0.481 e. The van der Waals surface area contributed by atoms with Crippen LogP contribution in [0.3, 0.4) is 0 Å². The smallest absolute Gasteiger partial charge is 0.306 e. The second-order valence-electron chi connectivity index (χ2n) is 6.89. The number of amides is 1. The highest BCUT2D eigenvalue weighted by Crippen LogP contribution is 2.23. The van der Waals surface area contributed by atoms with Gasteiger partial charge in [-0.05, 0) is 57.4 Å². The van der Waals surface area contributed by atoms with E-state index < -0.39 is 11.9 Å². The number of nitrogens with one attached hydrogen (secondary N) is 1. The number of benzene rings is 1. The molecule has 1 aromatic carbocycles. The van der Waals surface area contributed by atoms with Gasteiger partial charge >= 0.3 is 5.97 Å². The molecule has 0 unspecified atom stereocenters. The summed E-state index contributed by atoms with van der Waals surface area (Å²) in [6.07, 6.45) is 2.27. The minimum atomic E-state index is -0.826. The van der Waals surface area contributed by atoms with E-state index in [9.17, 15) is 14.9 Å². The molecule has 0 aromatic heterocycles. The van der Waals surface area contributed by atoms with Crippen LogP contribution < -0.4 is 10.2 Å². The van der Waals surface area contributed by atoms with E-state index in [4.69, 9.17) is 5.11 Å². The number of rotatable bonds is 7. The van der Waals surface area contributed by atoms with E-state index in [1.165, 1.54) is 6.20 Å². The van der Waals surface area contributed by atoms with Crippen LogP contribution in [0.15, 0.2) is 30.0 Å². The molecule has 1 amide bonds. The number of carbonyl (C=O) groups excluding carboxylic acids is 1. The molecule has 1 fully saturated rings. The van der Waals surface area contributed by atoms with Crippen molar-refractivity contribution >= 4 is 23.3 Å². The summed E-state index contributed by atoms with van der Waals surface area (Å²) >= 11 is 0. The van der Waals surface area contributed by atoms with Crippen LogP contribution in [-0.2, 0) is 9.59 Å². The predicted octanol–water partition coefficient (Wildman–Crippen LogP) is 2.98. The number of hydrogen-bond donors (Lipinski definition) is 2. The highest BCUT2D eigenvalue weighted by molar-refractivity contribution is 5.97. The van der Waals surface area contributed by atoms with Crippen molar-refractivity contribution < 1.29 is 14.7 Å². The highest BCUT2D eigenvalue weighted by atomic mass is 16.4. The maximum atomic E-state index is 12.6. The average Bonchev–Trinajstić information content (AvgIpc) is 2.70. The number of anilines is 2. The van der Waals surface area contributed by atoms with Gasteiger partial charge < -0.3 is 20.2 Å². The van der Waals surface area contributed by atoms with E-state index in [0.29, 0.717) is 25.9 Å². The lowest BCUT2D eigenvalue weighted by Gasteiger charge is -2.29. The second-order valence-corrected chi connectivity index (χ2v) is 6.89. The zero-order valence-electron chi connectivity index (χ0n) is 16.7. The lowest BCUT2D eigenvalue weighted by Crippen LogP contribution is -2.40. The number of carboxylic acid groups (broad SMARTS) is 1. The summed E-state index contributed by atoms with van der Waals surface area (Å²) in [4.78, 5) is 27.4. The third-order valence-electron chi connectivity index (χ3n) is 5.19. The molecule has 0 saturated carbocycles. The molecule has 1 aromatic rings. The number of aryl methyl sites for hydroxylation is 1. The zero-order chi connectivity index (χ0) is 20.7. The highest BCUT2D eigenvalue weighted by Gasteiger charge is 2.28. The maximum Gasteiger partial charge on any atom is 0.306 e. The molecule has 28 heavy (non-hydrogen) atoms. The quantitative estimate of drug-likeness (QED) is 0.554. The van der Waals surface area contributed by atoms with E-state index in [1.807, 2.05) is 25.1 Å². The summed E-state index contributed by atoms with van der Waals surface area (Å²) in [6.45, 7) is 8.75. The number of nitriles is 1. The molecule has 0 aliphatic carbocycles. The standard InChI is InChI=1S/C21H28N4O3/c1-4-24(5-2)18-6-7-19(15(3)12-18)23-14-17(13-22)20(26)25-10-8-16(9-11-25)21(27)28/h6-7,12,14,16,23H,4-5,8-11H2,1-3H3,(H,27,28)/b17-14-. The molecular formula is C21H28N4O3. The number of carbonyl (C=O) groups is 2. The molecular weight excluding hydrogens is 356 g/mol. The first-order valence-corrected chi connectivity index (χ1v) is 9.65. The van der Waals surface area contributed by atoms with Gasteiger partial charge in [-0.15, -0.1) is 0 Å². The fourth-order valence-electron chi connectivity index (χ4n) is 3.39. The van der Waals surface area contributed by atoms with Crippen molar-refractivity contribution in [3.05, 3.63) is 35.5 Å². The van der Waals surface area contributed by atoms with Gasteiger partial charge in [0, 0.05) is 43.8 Å². The van der Waals surface area contributed by atoms with Gasteiger partial charge in [-0.1, -0.05) is 0 Å². The molecule has 150 valence electrons. The van der Waals surface area contributed by atoms with Crippen LogP contribution in [0.25, 0.3) is 0 Å². The second kappa shape index (κ2) is 9.79. The molecule has 1 heterocycles. The number of aliphatic carboxylic acids is 1. The summed E-state index contributed by atoms with van der Waals surface area (Å²) in [5.41, 5.74) is 3.00. The SMILES string of the molecule is CCN(CC)c1ccc(N/C=C(/C#N)C(=O)N2CCC(C(=O)O)CC2)c(C)c1. The average molecular weight is 384 g/mol. The van der Waals surface area contributed by atoms with Crippen LogP contribution in [0.1, 0.15) is 32.3 Å². The fraction of sp³-hybridized carbons (Fsp3) is 0.476. The van der Waals surface area contributed by atoms with Crippen molar-refractivity contribution in [1.29, 1.82) is 5.26 Å². The third-order valence-corrected chi connectivity index (χ3v) is 5.19. The maximum absolute atomic E-state index is 12.6. The Morgan fingerprint density at radius 3 is 2.46 bits per heavy atom. The van der Waals surface area contributed by atoms with Crippen LogP contribution >= 0.6 is 0 Å².